The Morgan fingerprint density at radius 2 is 1.73 bits per heavy atom. The van der Waals surface area contributed by atoms with Crippen LogP contribution in [0.3, 0.4) is 0 Å². The van der Waals surface area contributed by atoms with Crippen LogP contribution < -0.4 is 4.74 Å². The largest absolute Gasteiger partial charge is 0.496 e. The minimum atomic E-state index is -0.826. The molecule has 162 valence electrons. The van der Waals surface area contributed by atoms with Gasteiger partial charge in [0.1, 0.15) is 24.0 Å². The standard InChI is InChI=1S/C23H28INO5/c1-23(2,3)30-22(27)25(4)19(14-17-11-12-20(28-5)18(24)13-17)21(26)29-15-16-9-7-6-8-10-16/h6-13,19H,14-15H2,1-5H3/t19-/m0/s1. The zero-order valence-electron chi connectivity index (χ0n) is 18.0. The average molecular weight is 525 g/mol. The van der Waals surface area contributed by atoms with Crippen molar-refractivity contribution >= 4 is 34.7 Å². The number of esters is 1. The molecule has 2 aromatic rings. The molecule has 6 nitrogen and oxygen atoms in total. The summed E-state index contributed by atoms with van der Waals surface area (Å²) in [6.07, 6.45) is -0.282. The van der Waals surface area contributed by atoms with Crippen molar-refractivity contribution in [2.24, 2.45) is 0 Å². The monoisotopic (exact) mass is 525 g/mol. The van der Waals surface area contributed by atoms with Gasteiger partial charge in [0.15, 0.2) is 0 Å². The molecule has 0 saturated heterocycles. The number of carbonyl (C=O) groups excluding carboxylic acids is 2. The summed E-state index contributed by atoms with van der Waals surface area (Å²) in [5, 5.41) is 0. The van der Waals surface area contributed by atoms with Gasteiger partial charge in [0.05, 0.1) is 10.7 Å². The number of rotatable bonds is 7. The highest BCUT2D eigenvalue weighted by Crippen LogP contribution is 2.23. The van der Waals surface area contributed by atoms with Crippen LogP contribution in [0.2, 0.25) is 0 Å². The minimum Gasteiger partial charge on any atom is -0.496 e. The number of methoxy groups -OCH3 is 1. The lowest BCUT2D eigenvalue weighted by Gasteiger charge is -2.29. The van der Waals surface area contributed by atoms with Crippen molar-refractivity contribution in [3.63, 3.8) is 0 Å². The highest BCUT2D eigenvalue weighted by Gasteiger charge is 2.32. The van der Waals surface area contributed by atoms with E-state index in [2.05, 4.69) is 22.6 Å². The topological polar surface area (TPSA) is 65.1 Å². The second kappa shape index (κ2) is 10.7. The Kier molecular flexibility index (Phi) is 8.52. The zero-order valence-corrected chi connectivity index (χ0v) is 20.1. The summed E-state index contributed by atoms with van der Waals surface area (Å²) in [5.74, 6) is 0.265. The maximum atomic E-state index is 12.9. The molecule has 2 aromatic carbocycles. The Labute approximate surface area is 191 Å². The van der Waals surface area contributed by atoms with Gasteiger partial charge in [-0.3, -0.25) is 4.90 Å². The fraction of sp³-hybridized carbons (Fsp3) is 0.391. The van der Waals surface area contributed by atoms with Gasteiger partial charge in [-0.25, -0.2) is 9.59 Å². The highest BCUT2D eigenvalue weighted by molar-refractivity contribution is 14.1. The van der Waals surface area contributed by atoms with Crippen molar-refractivity contribution in [1.82, 2.24) is 4.90 Å². The lowest BCUT2D eigenvalue weighted by molar-refractivity contribution is -0.150. The molecule has 0 radical (unpaired) electrons. The summed E-state index contributed by atoms with van der Waals surface area (Å²) in [7, 11) is 3.16. The number of benzene rings is 2. The van der Waals surface area contributed by atoms with Crippen LogP contribution in [0, 0.1) is 3.57 Å². The molecule has 7 heteroatoms. The van der Waals surface area contributed by atoms with Crippen molar-refractivity contribution in [1.29, 1.82) is 0 Å². The van der Waals surface area contributed by atoms with E-state index in [1.807, 2.05) is 48.5 Å². The van der Waals surface area contributed by atoms with Gasteiger partial charge in [-0.15, -0.1) is 0 Å². The second-order valence-electron chi connectivity index (χ2n) is 7.87. The fourth-order valence-electron chi connectivity index (χ4n) is 2.72. The van der Waals surface area contributed by atoms with Crippen LogP contribution in [0.4, 0.5) is 4.79 Å². The molecule has 0 fully saturated rings. The first-order valence-corrected chi connectivity index (χ1v) is 10.7. The highest BCUT2D eigenvalue weighted by atomic mass is 127. The summed E-state index contributed by atoms with van der Waals surface area (Å²) >= 11 is 2.18. The molecule has 0 aliphatic heterocycles. The fourth-order valence-corrected chi connectivity index (χ4v) is 3.52. The summed E-state index contributed by atoms with van der Waals surface area (Å²) in [5.41, 5.74) is 1.10. The molecule has 0 aromatic heterocycles. The van der Waals surface area contributed by atoms with Gasteiger partial charge in [-0.1, -0.05) is 36.4 Å². The second-order valence-corrected chi connectivity index (χ2v) is 9.04. The molecule has 2 rings (SSSR count). The molecule has 30 heavy (non-hydrogen) atoms. The van der Waals surface area contributed by atoms with Crippen LogP contribution in [0.25, 0.3) is 0 Å². The number of amides is 1. The number of halogens is 1. The third-order valence-corrected chi connectivity index (χ3v) is 5.13. The maximum Gasteiger partial charge on any atom is 0.410 e. The lowest BCUT2D eigenvalue weighted by Crippen LogP contribution is -2.46. The van der Waals surface area contributed by atoms with E-state index in [4.69, 9.17) is 14.2 Å². The summed E-state index contributed by atoms with van der Waals surface area (Å²) in [6, 6.07) is 14.2. The van der Waals surface area contributed by atoms with E-state index in [-0.39, 0.29) is 6.61 Å². The average Bonchev–Trinajstić information content (AvgIpc) is 2.69. The van der Waals surface area contributed by atoms with Gasteiger partial charge in [-0.05, 0) is 66.6 Å². The van der Waals surface area contributed by atoms with Crippen molar-refractivity contribution in [3.05, 3.63) is 63.2 Å². The van der Waals surface area contributed by atoms with E-state index in [9.17, 15) is 9.59 Å². The van der Waals surface area contributed by atoms with Gasteiger partial charge in [-0.2, -0.15) is 0 Å². The summed E-state index contributed by atoms with van der Waals surface area (Å²) < 4.78 is 17.2. The number of nitrogens with zero attached hydrogens (tertiary/aromatic N) is 1. The third-order valence-electron chi connectivity index (χ3n) is 4.29. The third kappa shape index (κ3) is 7.19. The molecule has 0 aliphatic carbocycles. The summed E-state index contributed by atoms with van der Waals surface area (Å²) in [4.78, 5) is 26.9. The molecule has 0 N–H and O–H groups in total. The molecular weight excluding hydrogens is 497 g/mol. The molecule has 0 saturated carbocycles. The number of carbonyl (C=O) groups is 2. The minimum absolute atomic E-state index is 0.137. The Balaban J connectivity index is 2.21. The van der Waals surface area contributed by atoms with E-state index in [1.54, 1.807) is 34.9 Å². The molecule has 0 unspecified atom stereocenters. The number of hydrogen-bond donors (Lipinski definition) is 0. The lowest BCUT2D eigenvalue weighted by atomic mass is 10.0. The van der Waals surface area contributed by atoms with Crippen LogP contribution in [-0.4, -0.2) is 42.8 Å². The number of likely N-dealkylation sites (N-methyl/N-ethyl adjacent to an activating group) is 1. The van der Waals surface area contributed by atoms with Crippen LogP contribution in [0.1, 0.15) is 31.9 Å². The van der Waals surface area contributed by atoms with E-state index >= 15 is 0 Å². The van der Waals surface area contributed by atoms with Crippen molar-refractivity contribution in [2.75, 3.05) is 14.2 Å². The quantitative estimate of drug-likeness (QED) is 0.383. The van der Waals surface area contributed by atoms with Crippen molar-refractivity contribution < 1.29 is 23.8 Å². The van der Waals surface area contributed by atoms with Crippen LogP contribution >= 0.6 is 22.6 Å². The molecular formula is C23H28INO5. The van der Waals surface area contributed by atoms with Crippen molar-refractivity contribution in [2.45, 2.75) is 45.4 Å². The molecule has 0 spiro atoms. The Morgan fingerprint density at radius 3 is 2.30 bits per heavy atom. The summed E-state index contributed by atoms with van der Waals surface area (Å²) in [6.45, 7) is 5.49. The first kappa shape index (κ1) is 24.0. The van der Waals surface area contributed by atoms with Gasteiger partial charge in [0.25, 0.3) is 0 Å². The zero-order chi connectivity index (χ0) is 22.3. The first-order chi connectivity index (χ1) is 14.1. The van der Waals surface area contributed by atoms with Gasteiger partial charge in [0.2, 0.25) is 0 Å². The van der Waals surface area contributed by atoms with Crippen LogP contribution in [0.15, 0.2) is 48.5 Å². The first-order valence-electron chi connectivity index (χ1n) is 9.59. The Hall–Kier alpha value is -2.29. The number of hydrogen-bond acceptors (Lipinski definition) is 5. The predicted octanol–water partition coefficient (Wildman–Crippen LogP) is 4.82. The Morgan fingerprint density at radius 1 is 1.07 bits per heavy atom. The molecule has 1 amide bonds. The van der Waals surface area contributed by atoms with Gasteiger partial charge < -0.3 is 14.2 Å². The number of ether oxygens (including phenoxy) is 3. The smallest absolute Gasteiger partial charge is 0.410 e. The SMILES string of the molecule is COc1ccc(C[C@@H](C(=O)OCc2ccccc2)N(C)C(=O)OC(C)(C)C)cc1I. The molecule has 1 atom stereocenters. The normalized spacial score (nSPS) is 12.1. The van der Waals surface area contributed by atoms with E-state index in [0.29, 0.717) is 6.42 Å². The maximum absolute atomic E-state index is 12.9. The predicted molar refractivity (Wildman–Crippen MR) is 123 cm³/mol. The molecule has 0 aliphatic rings. The van der Waals surface area contributed by atoms with Crippen LogP contribution in [-0.2, 0) is 27.3 Å². The van der Waals surface area contributed by atoms with Gasteiger partial charge >= 0.3 is 12.1 Å². The van der Waals surface area contributed by atoms with Crippen molar-refractivity contribution in [3.8, 4) is 5.75 Å². The van der Waals surface area contributed by atoms with E-state index in [1.165, 1.54) is 4.90 Å². The Bertz CT molecular complexity index is 864. The molecule has 0 heterocycles. The van der Waals surface area contributed by atoms with Gasteiger partial charge in [0, 0.05) is 13.5 Å². The molecule has 0 bridgehead atoms. The van der Waals surface area contributed by atoms with E-state index < -0.39 is 23.7 Å². The van der Waals surface area contributed by atoms with Crippen LogP contribution in [0.5, 0.6) is 5.75 Å². The van der Waals surface area contributed by atoms with E-state index in [0.717, 1.165) is 20.4 Å².